The van der Waals surface area contributed by atoms with Crippen LogP contribution in [0.25, 0.3) is 11.1 Å². The third-order valence-corrected chi connectivity index (χ3v) is 2.78. The lowest BCUT2D eigenvalue weighted by Gasteiger charge is -2.10. The van der Waals surface area contributed by atoms with Crippen LogP contribution in [0.4, 0.5) is 5.69 Å². The van der Waals surface area contributed by atoms with Crippen LogP contribution < -0.4 is 5.73 Å². The molecule has 3 nitrogen and oxygen atoms in total. The Labute approximate surface area is 107 Å². The number of amides is 1. The Morgan fingerprint density at radius 2 is 1.33 bits per heavy atom. The molecular weight excluding hydrogens is 224 g/mol. The van der Waals surface area contributed by atoms with Crippen LogP contribution in [0.5, 0.6) is 0 Å². The summed E-state index contributed by atoms with van der Waals surface area (Å²) in [4.78, 5) is 13.3. The van der Waals surface area contributed by atoms with Crippen molar-refractivity contribution in [2.24, 2.45) is 0 Å². The van der Waals surface area contributed by atoms with Crippen LogP contribution in [0.1, 0.15) is 10.4 Å². The van der Waals surface area contributed by atoms with Gasteiger partial charge >= 0.3 is 0 Å². The van der Waals surface area contributed by atoms with Gasteiger partial charge in [0.15, 0.2) is 0 Å². The number of nitrogen functional groups attached to an aromatic ring is 1. The Balaban J connectivity index is 2.27. The number of benzene rings is 2. The minimum atomic E-state index is 0.0128. The molecule has 0 fully saturated rings. The second-order valence-electron chi connectivity index (χ2n) is 4.40. The summed E-state index contributed by atoms with van der Waals surface area (Å²) >= 11 is 0. The van der Waals surface area contributed by atoms with Gasteiger partial charge in [-0.05, 0) is 35.4 Å². The second-order valence-corrected chi connectivity index (χ2v) is 4.40. The van der Waals surface area contributed by atoms with E-state index >= 15 is 0 Å². The minimum absolute atomic E-state index is 0.0128. The van der Waals surface area contributed by atoms with Gasteiger partial charge in [-0.3, -0.25) is 4.79 Å². The largest absolute Gasteiger partial charge is 0.399 e. The van der Waals surface area contributed by atoms with Crippen molar-refractivity contribution in [2.75, 3.05) is 19.8 Å². The van der Waals surface area contributed by atoms with Gasteiger partial charge < -0.3 is 10.6 Å². The SMILES string of the molecule is CN(C)C(=O)c1ccc(-c2ccc(N)cc2)cc1. The standard InChI is InChI=1S/C15H16N2O/c1-17(2)15(18)13-5-3-11(4-6-13)12-7-9-14(16)10-8-12/h3-10H,16H2,1-2H3. The van der Waals surface area contributed by atoms with Gasteiger partial charge in [0.25, 0.3) is 5.91 Å². The first-order valence-electron chi connectivity index (χ1n) is 5.75. The zero-order chi connectivity index (χ0) is 13.1. The molecule has 0 aromatic heterocycles. The smallest absolute Gasteiger partial charge is 0.253 e. The molecule has 0 aliphatic heterocycles. The molecule has 0 saturated heterocycles. The van der Waals surface area contributed by atoms with Crippen LogP contribution in [0.15, 0.2) is 48.5 Å². The summed E-state index contributed by atoms with van der Waals surface area (Å²) in [6.45, 7) is 0. The summed E-state index contributed by atoms with van der Waals surface area (Å²) in [6.07, 6.45) is 0. The molecule has 2 aromatic rings. The highest BCUT2D eigenvalue weighted by atomic mass is 16.2. The fourth-order valence-corrected chi connectivity index (χ4v) is 1.74. The molecule has 0 aliphatic carbocycles. The van der Waals surface area contributed by atoms with Crippen molar-refractivity contribution < 1.29 is 4.79 Å². The number of anilines is 1. The minimum Gasteiger partial charge on any atom is -0.399 e. The second kappa shape index (κ2) is 4.92. The summed E-state index contributed by atoms with van der Waals surface area (Å²) < 4.78 is 0. The average molecular weight is 240 g/mol. The van der Waals surface area contributed by atoms with Crippen LogP contribution in [-0.4, -0.2) is 24.9 Å². The Hall–Kier alpha value is -2.29. The lowest BCUT2D eigenvalue weighted by Crippen LogP contribution is -2.21. The molecule has 2 rings (SSSR count). The number of hydrogen-bond donors (Lipinski definition) is 1. The predicted octanol–water partition coefficient (Wildman–Crippen LogP) is 2.64. The van der Waals surface area contributed by atoms with Crippen molar-refractivity contribution in [3.8, 4) is 11.1 Å². The van der Waals surface area contributed by atoms with Crippen molar-refractivity contribution in [3.63, 3.8) is 0 Å². The molecule has 0 bridgehead atoms. The number of carbonyl (C=O) groups is 1. The molecule has 0 spiro atoms. The summed E-state index contributed by atoms with van der Waals surface area (Å²) in [5.74, 6) is 0.0128. The fraction of sp³-hybridized carbons (Fsp3) is 0.133. The van der Waals surface area contributed by atoms with Gasteiger partial charge in [-0.15, -0.1) is 0 Å². The topological polar surface area (TPSA) is 46.3 Å². The van der Waals surface area contributed by atoms with Gasteiger partial charge in [-0.2, -0.15) is 0 Å². The van der Waals surface area contributed by atoms with E-state index in [9.17, 15) is 4.79 Å². The van der Waals surface area contributed by atoms with Gasteiger partial charge in [0.2, 0.25) is 0 Å². The number of rotatable bonds is 2. The van der Waals surface area contributed by atoms with Gasteiger partial charge in [0.05, 0.1) is 0 Å². The predicted molar refractivity (Wildman–Crippen MR) is 74.3 cm³/mol. The van der Waals surface area contributed by atoms with E-state index in [0.717, 1.165) is 16.8 Å². The molecule has 1 amide bonds. The quantitative estimate of drug-likeness (QED) is 0.820. The number of nitrogens with zero attached hydrogens (tertiary/aromatic N) is 1. The van der Waals surface area contributed by atoms with E-state index < -0.39 is 0 Å². The lowest BCUT2D eigenvalue weighted by molar-refractivity contribution is 0.0827. The third kappa shape index (κ3) is 2.51. The zero-order valence-corrected chi connectivity index (χ0v) is 10.6. The maximum Gasteiger partial charge on any atom is 0.253 e. The first-order chi connectivity index (χ1) is 8.58. The highest BCUT2D eigenvalue weighted by Crippen LogP contribution is 2.21. The molecule has 2 aromatic carbocycles. The van der Waals surface area contributed by atoms with Gasteiger partial charge in [-0.25, -0.2) is 0 Å². The highest BCUT2D eigenvalue weighted by Gasteiger charge is 2.07. The zero-order valence-electron chi connectivity index (χ0n) is 10.6. The molecule has 92 valence electrons. The van der Waals surface area contributed by atoms with E-state index in [1.54, 1.807) is 19.0 Å². The van der Waals surface area contributed by atoms with Crippen LogP contribution >= 0.6 is 0 Å². The van der Waals surface area contributed by atoms with Crippen molar-refractivity contribution in [1.29, 1.82) is 0 Å². The normalized spacial score (nSPS) is 10.1. The van der Waals surface area contributed by atoms with Gasteiger partial charge in [0, 0.05) is 25.3 Å². The third-order valence-electron chi connectivity index (χ3n) is 2.78. The van der Waals surface area contributed by atoms with Crippen LogP contribution in [0.2, 0.25) is 0 Å². The number of carbonyl (C=O) groups excluding carboxylic acids is 1. The van der Waals surface area contributed by atoms with Gasteiger partial charge in [0.1, 0.15) is 0 Å². The van der Waals surface area contributed by atoms with Crippen molar-refractivity contribution in [1.82, 2.24) is 4.90 Å². The van der Waals surface area contributed by atoms with Crippen LogP contribution in [-0.2, 0) is 0 Å². The van der Waals surface area contributed by atoms with Crippen LogP contribution in [0.3, 0.4) is 0 Å². The average Bonchev–Trinajstić information content (AvgIpc) is 2.39. The molecule has 2 N–H and O–H groups in total. The maximum absolute atomic E-state index is 11.7. The van der Waals surface area contributed by atoms with Crippen molar-refractivity contribution in [3.05, 3.63) is 54.1 Å². The molecular formula is C15H16N2O. The van der Waals surface area contributed by atoms with Crippen LogP contribution in [0, 0.1) is 0 Å². The summed E-state index contributed by atoms with van der Waals surface area (Å²) in [7, 11) is 3.49. The van der Waals surface area contributed by atoms with Gasteiger partial charge in [-0.1, -0.05) is 24.3 Å². The van der Waals surface area contributed by atoms with Crippen molar-refractivity contribution >= 4 is 11.6 Å². The number of nitrogens with two attached hydrogens (primary N) is 1. The molecule has 0 atom stereocenters. The first-order valence-corrected chi connectivity index (χ1v) is 5.75. The molecule has 18 heavy (non-hydrogen) atoms. The summed E-state index contributed by atoms with van der Waals surface area (Å²) in [6, 6.07) is 15.3. The van der Waals surface area contributed by atoms with E-state index in [-0.39, 0.29) is 5.91 Å². The van der Waals surface area contributed by atoms with E-state index in [4.69, 9.17) is 5.73 Å². The first kappa shape index (κ1) is 12.2. The van der Waals surface area contributed by atoms with E-state index in [2.05, 4.69) is 0 Å². The van der Waals surface area contributed by atoms with Crippen molar-refractivity contribution in [2.45, 2.75) is 0 Å². The molecule has 0 unspecified atom stereocenters. The Kier molecular flexibility index (Phi) is 3.33. The fourth-order valence-electron chi connectivity index (χ4n) is 1.74. The summed E-state index contributed by atoms with van der Waals surface area (Å²) in [5, 5.41) is 0. The molecule has 0 aliphatic rings. The maximum atomic E-state index is 11.7. The van der Waals surface area contributed by atoms with E-state index in [0.29, 0.717) is 5.56 Å². The molecule has 0 heterocycles. The Morgan fingerprint density at radius 1 is 0.889 bits per heavy atom. The molecule has 0 saturated carbocycles. The monoisotopic (exact) mass is 240 g/mol. The van der Waals surface area contributed by atoms with E-state index in [1.165, 1.54) is 0 Å². The Morgan fingerprint density at radius 3 is 1.78 bits per heavy atom. The molecule has 0 radical (unpaired) electrons. The highest BCUT2D eigenvalue weighted by molar-refractivity contribution is 5.94. The van der Waals surface area contributed by atoms with E-state index in [1.807, 2.05) is 48.5 Å². The summed E-state index contributed by atoms with van der Waals surface area (Å²) in [5.41, 5.74) is 9.26. The Bertz CT molecular complexity index is 542. The molecule has 3 heteroatoms. The number of hydrogen-bond acceptors (Lipinski definition) is 2. The lowest BCUT2D eigenvalue weighted by atomic mass is 10.0.